The van der Waals surface area contributed by atoms with Crippen molar-refractivity contribution in [2.24, 2.45) is 0 Å². The molecule has 1 aromatic carbocycles. The minimum atomic E-state index is -3.67. The third kappa shape index (κ3) is 4.24. The molecule has 1 aliphatic heterocycles. The summed E-state index contributed by atoms with van der Waals surface area (Å²) in [5.41, 5.74) is 5.76. The van der Waals surface area contributed by atoms with E-state index >= 15 is 0 Å². The van der Waals surface area contributed by atoms with Crippen LogP contribution in [0.5, 0.6) is 5.75 Å². The molecule has 1 fully saturated rings. The summed E-state index contributed by atoms with van der Waals surface area (Å²) in [6, 6.07) is 1.92. The van der Waals surface area contributed by atoms with Gasteiger partial charge in [0, 0.05) is 25.5 Å². The lowest BCUT2D eigenvalue weighted by Crippen LogP contribution is -2.40. The van der Waals surface area contributed by atoms with E-state index in [-0.39, 0.29) is 40.7 Å². The summed E-state index contributed by atoms with van der Waals surface area (Å²) >= 11 is 0. The average Bonchev–Trinajstić information content (AvgIpc) is 3.14. The SMILES string of the molecule is [2H]C([2H])([2H])C([2H])([2H])N1CCCC1CNC(=O)c1cc(S(=O)(=O)CC)c(N)cc1OC. The molecule has 2 rings (SSSR count). The Kier molecular flexibility index (Phi) is 4.32. The molecule has 7 nitrogen and oxygen atoms in total. The molecule has 1 atom stereocenters. The fourth-order valence-electron chi connectivity index (χ4n) is 2.85. The summed E-state index contributed by atoms with van der Waals surface area (Å²) < 4.78 is 68.0. The van der Waals surface area contributed by atoms with Gasteiger partial charge in [-0.3, -0.25) is 9.69 Å². The Hall–Kier alpha value is -1.80. The summed E-state index contributed by atoms with van der Waals surface area (Å²) in [5.74, 6) is -0.715. The lowest BCUT2D eigenvalue weighted by Gasteiger charge is -2.23. The molecule has 0 aliphatic carbocycles. The van der Waals surface area contributed by atoms with Gasteiger partial charge in [-0.1, -0.05) is 13.8 Å². The molecule has 1 aliphatic rings. The summed E-state index contributed by atoms with van der Waals surface area (Å²) in [7, 11) is -2.34. The number of amides is 1. The molecule has 0 spiro atoms. The van der Waals surface area contributed by atoms with Crippen LogP contribution in [0.25, 0.3) is 0 Å². The zero-order valence-electron chi connectivity index (χ0n) is 19.3. The lowest BCUT2D eigenvalue weighted by molar-refractivity contribution is 0.0938. The molecule has 8 heteroatoms. The first-order valence-electron chi connectivity index (χ1n) is 10.5. The number of nitrogens with two attached hydrogens (primary N) is 1. The Labute approximate surface area is 156 Å². The van der Waals surface area contributed by atoms with Gasteiger partial charge in [-0.05, 0) is 31.9 Å². The number of nitrogens with one attached hydrogen (secondary N) is 1. The zero-order chi connectivity index (χ0) is 22.9. The van der Waals surface area contributed by atoms with E-state index in [1.165, 1.54) is 25.0 Å². The van der Waals surface area contributed by atoms with E-state index in [0.717, 1.165) is 6.07 Å². The van der Waals surface area contributed by atoms with Gasteiger partial charge < -0.3 is 15.8 Å². The second-order valence-corrected chi connectivity index (χ2v) is 8.05. The van der Waals surface area contributed by atoms with Crippen LogP contribution in [-0.4, -0.2) is 57.7 Å². The molecule has 1 aromatic rings. The third-order valence-electron chi connectivity index (χ3n) is 4.31. The van der Waals surface area contributed by atoms with Crippen molar-refractivity contribution in [2.45, 2.75) is 37.6 Å². The smallest absolute Gasteiger partial charge is 0.255 e. The highest BCUT2D eigenvalue weighted by Crippen LogP contribution is 2.29. The number of nitrogens with zero attached hydrogens (tertiary/aromatic N) is 1. The number of likely N-dealkylation sites (N-methyl/N-ethyl adjacent to an activating group) is 1. The largest absolute Gasteiger partial charge is 0.496 e. The quantitative estimate of drug-likeness (QED) is 0.697. The fourth-order valence-corrected chi connectivity index (χ4v) is 3.87. The van der Waals surface area contributed by atoms with Crippen molar-refractivity contribution in [1.29, 1.82) is 0 Å². The van der Waals surface area contributed by atoms with Gasteiger partial charge in [0.1, 0.15) is 5.75 Å². The van der Waals surface area contributed by atoms with Gasteiger partial charge in [-0.2, -0.15) is 0 Å². The normalized spacial score (nSPS) is 22.3. The first kappa shape index (κ1) is 13.4. The standard InChI is InChI=1S/C17H27N3O4S/c1-4-20-8-6-7-12(20)11-19-17(21)13-9-16(25(22,23)5-2)14(18)10-15(13)24-3/h9-10,12H,4-8,11,18H2,1-3H3,(H,19,21)/i1D3,4D2. The number of sulfone groups is 1. The molecule has 1 amide bonds. The molecule has 1 heterocycles. The van der Waals surface area contributed by atoms with E-state index in [2.05, 4.69) is 5.32 Å². The molecule has 1 saturated heterocycles. The number of nitrogen functional groups attached to an aromatic ring is 1. The van der Waals surface area contributed by atoms with Crippen molar-refractivity contribution in [2.75, 3.05) is 38.2 Å². The van der Waals surface area contributed by atoms with Crippen molar-refractivity contribution >= 4 is 21.4 Å². The van der Waals surface area contributed by atoms with E-state index in [0.29, 0.717) is 12.8 Å². The molecule has 0 aromatic heterocycles. The van der Waals surface area contributed by atoms with Crippen LogP contribution in [0.3, 0.4) is 0 Å². The van der Waals surface area contributed by atoms with E-state index in [1.807, 2.05) is 0 Å². The molecule has 0 saturated carbocycles. The number of rotatable bonds is 7. The summed E-state index contributed by atoms with van der Waals surface area (Å²) in [5, 5.41) is 2.64. The molecule has 1 unspecified atom stereocenters. The van der Waals surface area contributed by atoms with Crippen LogP contribution < -0.4 is 15.8 Å². The topological polar surface area (TPSA) is 102 Å². The number of hydrogen-bond donors (Lipinski definition) is 2. The van der Waals surface area contributed by atoms with Crippen molar-refractivity contribution < 1.29 is 24.8 Å². The van der Waals surface area contributed by atoms with Gasteiger partial charge in [0.15, 0.2) is 9.84 Å². The Morgan fingerprint density at radius 1 is 1.56 bits per heavy atom. The second-order valence-electron chi connectivity index (χ2n) is 5.81. The molecular weight excluding hydrogens is 342 g/mol. The Morgan fingerprint density at radius 3 is 2.96 bits per heavy atom. The summed E-state index contributed by atoms with van der Waals surface area (Å²) in [4.78, 5) is 13.8. The average molecular weight is 375 g/mol. The minimum Gasteiger partial charge on any atom is -0.496 e. The van der Waals surface area contributed by atoms with Crippen molar-refractivity contribution in [3.05, 3.63) is 17.7 Å². The number of likely N-dealkylation sites (tertiary alicyclic amines) is 1. The maximum Gasteiger partial charge on any atom is 0.255 e. The van der Waals surface area contributed by atoms with Gasteiger partial charge >= 0.3 is 0 Å². The Morgan fingerprint density at radius 2 is 2.32 bits per heavy atom. The van der Waals surface area contributed by atoms with Crippen LogP contribution in [0.2, 0.25) is 0 Å². The van der Waals surface area contributed by atoms with Crippen LogP contribution >= 0.6 is 0 Å². The van der Waals surface area contributed by atoms with E-state index in [4.69, 9.17) is 17.3 Å². The zero-order valence-corrected chi connectivity index (χ0v) is 15.1. The minimum absolute atomic E-state index is 0.00217. The highest BCUT2D eigenvalue weighted by molar-refractivity contribution is 7.91. The first-order chi connectivity index (χ1) is 13.8. The van der Waals surface area contributed by atoms with Crippen LogP contribution in [0.15, 0.2) is 17.0 Å². The second kappa shape index (κ2) is 8.05. The van der Waals surface area contributed by atoms with E-state index < -0.39 is 35.1 Å². The van der Waals surface area contributed by atoms with Gasteiger partial charge in [0.25, 0.3) is 5.91 Å². The lowest BCUT2D eigenvalue weighted by atomic mass is 10.1. The monoisotopic (exact) mass is 374 g/mol. The maximum atomic E-state index is 12.8. The van der Waals surface area contributed by atoms with Gasteiger partial charge in [0.05, 0.1) is 29.0 Å². The first-order valence-corrected chi connectivity index (χ1v) is 9.66. The molecule has 140 valence electrons. The van der Waals surface area contributed by atoms with E-state index in [9.17, 15) is 13.2 Å². The predicted octanol–water partition coefficient (Wildman–Crippen LogP) is 1.29. The third-order valence-corrected chi connectivity index (χ3v) is 6.09. The Balaban J connectivity index is 2.25. The fraction of sp³-hybridized carbons (Fsp3) is 0.588. The number of carbonyl (C=O) groups is 1. The summed E-state index contributed by atoms with van der Waals surface area (Å²) in [6.07, 6.45) is 1.12. The van der Waals surface area contributed by atoms with Crippen molar-refractivity contribution in [1.82, 2.24) is 10.2 Å². The molecule has 0 radical (unpaired) electrons. The van der Waals surface area contributed by atoms with Gasteiger partial charge in [-0.25, -0.2) is 8.42 Å². The maximum absolute atomic E-state index is 12.8. The number of anilines is 1. The number of benzene rings is 1. The van der Waals surface area contributed by atoms with Crippen LogP contribution in [0.4, 0.5) is 5.69 Å². The molecular formula is C17H27N3O4S. The number of carbonyl (C=O) groups excluding carboxylic acids is 1. The van der Waals surface area contributed by atoms with Crippen LogP contribution in [-0.2, 0) is 9.84 Å². The highest BCUT2D eigenvalue weighted by Gasteiger charge is 2.25. The molecule has 25 heavy (non-hydrogen) atoms. The molecule has 3 N–H and O–H groups in total. The van der Waals surface area contributed by atoms with Crippen LogP contribution in [0, 0.1) is 0 Å². The highest BCUT2D eigenvalue weighted by atomic mass is 32.2. The Bertz CT molecular complexity index is 905. The van der Waals surface area contributed by atoms with Gasteiger partial charge in [-0.15, -0.1) is 0 Å². The molecule has 0 bridgehead atoms. The predicted molar refractivity (Wildman–Crippen MR) is 97.7 cm³/mol. The van der Waals surface area contributed by atoms with Crippen molar-refractivity contribution in [3.8, 4) is 5.75 Å². The van der Waals surface area contributed by atoms with Gasteiger partial charge in [0.2, 0.25) is 0 Å². The number of hydrogen-bond acceptors (Lipinski definition) is 6. The van der Waals surface area contributed by atoms with Crippen LogP contribution in [0.1, 0.15) is 43.8 Å². The number of ether oxygens (including phenoxy) is 1. The van der Waals surface area contributed by atoms with Crippen molar-refractivity contribution in [3.63, 3.8) is 0 Å². The summed E-state index contributed by atoms with van der Waals surface area (Å²) in [6.45, 7) is -3.64. The number of methoxy groups -OCH3 is 1. The van der Waals surface area contributed by atoms with E-state index in [1.54, 1.807) is 0 Å².